The van der Waals surface area contributed by atoms with Crippen LogP contribution in [0.5, 0.6) is 0 Å². The molecule has 0 saturated carbocycles. The van der Waals surface area contributed by atoms with Gasteiger partial charge in [-0.25, -0.2) is 0 Å². The Kier molecular flexibility index (Phi) is 10.7. The van der Waals surface area contributed by atoms with Gasteiger partial charge in [0.2, 0.25) is 0 Å². The van der Waals surface area contributed by atoms with Crippen LogP contribution < -0.4 is 11.9 Å². The first kappa shape index (κ1) is 16.5. The Balaban J connectivity index is -0.000000320. The monoisotopic (exact) mass is 166 g/mol. The van der Waals surface area contributed by atoms with Crippen LogP contribution in [0.1, 0.15) is 13.3 Å². The summed E-state index contributed by atoms with van der Waals surface area (Å²) >= 11 is 0. The van der Waals surface area contributed by atoms with E-state index in [4.69, 9.17) is 10.8 Å². The zero-order valence-electron chi connectivity index (χ0n) is 6.33. The Bertz CT molecular complexity index is 136. The van der Waals surface area contributed by atoms with Crippen molar-refractivity contribution in [2.75, 3.05) is 0 Å². The van der Waals surface area contributed by atoms with Crippen LogP contribution in [0.2, 0.25) is 0 Å². The standard InChI is InChI=1S/C5H9NO3.H3N.H2O/c1-3(7)2-4(6)5(8)9;;/h4H,2,6H2,1H3,(H,8,9);1H3;1H2/t4-;;/m0../s1. The molecule has 0 unspecified atom stereocenters. The summed E-state index contributed by atoms with van der Waals surface area (Å²) in [5, 5.41) is 8.15. The highest BCUT2D eigenvalue weighted by Crippen LogP contribution is 1.87. The Labute approximate surface area is 64.3 Å². The molecule has 0 aromatic carbocycles. The third kappa shape index (κ3) is 9.02. The molecule has 8 N–H and O–H groups in total. The lowest BCUT2D eigenvalue weighted by Crippen LogP contribution is -2.31. The number of carbonyl (C=O) groups excluding carboxylic acids is 1. The van der Waals surface area contributed by atoms with E-state index in [9.17, 15) is 9.59 Å². The lowest BCUT2D eigenvalue weighted by Gasteiger charge is -2.00. The Morgan fingerprint density at radius 3 is 2.00 bits per heavy atom. The number of Topliss-reactive ketones (excluding diaryl/α,β-unsaturated/α-hetero) is 1. The minimum Gasteiger partial charge on any atom is -0.480 e. The molecule has 0 aromatic rings. The average molecular weight is 166 g/mol. The van der Waals surface area contributed by atoms with E-state index < -0.39 is 12.0 Å². The van der Waals surface area contributed by atoms with E-state index in [1.807, 2.05) is 0 Å². The molecule has 1 atom stereocenters. The van der Waals surface area contributed by atoms with Crippen molar-refractivity contribution in [1.29, 1.82) is 0 Å². The van der Waals surface area contributed by atoms with Crippen LogP contribution in [0, 0.1) is 0 Å². The average Bonchev–Trinajstić information content (AvgIpc) is 1.63. The zero-order valence-corrected chi connectivity index (χ0v) is 6.33. The number of hydrogen-bond donors (Lipinski definition) is 3. The fourth-order valence-corrected chi connectivity index (χ4v) is 0.397. The highest BCUT2D eigenvalue weighted by Gasteiger charge is 2.12. The molecule has 6 heteroatoms. The van der Waals surface area contributed by atoms with Crippen LogP contribution in [-0.2, 0) is 9.59 Å². The van der Waals surface area contributed by atoms with Gasteiger partial charge in [-0.2, -0.15) is 0 Å². The van der Waals surface area contributed by atoms with Crippen molar-refractivity contribution < 1.29 is 20.2 Å². The maximum Gasteiger partial charge on any atom is 0.320 e. The molecule has 0 heterocycles. The molecule has 0 radical (unpaired) electrons. The smallest absolute Gasteiger partial charge is 0.320 e. The number of ketones is 1. The number of carbonyl (C=O) groups is 2. The predicted molar refractivity (Wildman–Crippen MR) is 39.5 cm³/mol. The first-order valence-corrected chi connectivity index (χ1v) is 2.52. The molecular weight excluding hydrogens is 152 g/mol. The highest BCUT2D eigenvalue weighted by molar-refractivity contribution is 5.83. The molecule has 0 rings (SSSR count). The normalized spacial score (nSPS) is 10.4. The number of hydrogen-bond acceptors (Lipinski definition) is 4. The summed E-state index contributed by atoms with van der Waals surface area (Å²) < 4.78 is 0. The number of carboxylic acid groups (broad SMARTS) is 1. The van der Waals surface area contributed by atoms with Crippen LogP contribution in [-0.4, -0.2) is 28.4 Å². The molecule has 6 nitrogen and oxygen atoms in total. The molecule has 11 heavy (non-hydrogen) atoms. The van der Waals surface area contributed by atoms with E-state index in [0.29, 0.717) is 0 Å². The molecule has 0 aliphatic carbocycles. The van der Waals surface area contributed by atoms with E-state index in [0.717, 1.165) is 0 Å². The zero-order chi connectivity index (χ0) is 7.44. The van der Waals surface area contributed by atoms with Gasteiger partial charge in [-0.3, -0.25) is 9.59 Å². The topological polar surface area (TPSA) is 147 Å². The summed E-state index contributed by atoms with van der Waals surface area (Å²) in [6.45, 7) is 1.31. The molecular formula is C5H14N2O4. The molecule has 68 valence electrons. The van der Waals surface area contributed by atoms with E-state index in [-0.39, 0.29) is 23.8 Å². The Morgan fingerprint density at radius 1 is 1.55 bits per heavy atom. The van der Waals surface area contributed by atoms with Crippen LogP contribution in [0.4, 0.5) is 0 Å². The third-order valence-electron chi connectivity index (χ3n) is 0.825. The Morgan fingerprint density at radius 2 is 1.91 bits per heavy atom. The van der Waals surface area contributed by atoms with Crippen molar-refractivity contribution >= 4 is 11.8 Å². The molecule has 0 aliphatic heterocycles. The van der Waals surface area contributed by atoms with Crippen molar-refractivity contribution in [3.05, 3.63) is 0 Å². The minimum absolute atomic E-state index is 0. The van der Waals surface area contributed by atoms with Crippen molar-refractivity contribution in [2.45, 2.75) is 19.4 Å². The molecule has 0 fully saturated rings. The van der Waals surface area contributed by atoms with Gasteiger partial charge in [0, 0.05) is 6.42 Å². The summed E-state index contributed by atoms with van der Waals surface area (Å²) in [5.41, 5.74) is 5.00. The summed E-state index contributed by atoms with van der Waals surface area (Å²) in [4.78, 5) is 20.2. The van der Waals surface area contributed by atoms with Gasteiger partial charge in [0.25, 0.3) is 0 Å². The molecule has 0 bridgehead atoms. The lowest BCUT2D eigenvalue weighted by atomic mass is 10.2. The van der Waals surface area contributed by atoms with Crippen LogP contribution in [0.15, 0.2) is 0 Å². The maximum absolute atomic E-state index is 10.2. The largest absolute Gasteiger partial charge is 0.480 e. The molecule has 0 saturated heterocycles. The van der Waals surface area contributed by atoms with Crippen molar-refractivity contribution in [3.63, 3.8) is 0 Å². The van der Waals surface area contributed by atoms with Crippen LogP contribution in [0.3, 0.4) is 0 Å². The van der Waals surface area contributed by atoms with Crippen molar-refractivity contribution in [1.82, 2.24) is 6.15 Å². The molecule has 0 amide bonds. The Hall–Kier alpha value is -0.980. The summed E-state index contributed by atoms with van der Waals surface area (Å²) in [6.07, 6.45) is -0.0880. The molecule has 0 aliphatic rings. The SMILES string of the molecule is CC(=O)C[C@H](N)C(=O)O.N.O. The highest BCUT2D eigenvalue weighted by atomic mass is 16.4. The van der Waals surface area contributed by atoms with E-state index >= 15 is 0 Å². The van der Waals surface area contributed by atoms with E-state index in [1.165, 1.54) is 6.92 Å². The van der Waals surface area contributed by atoms with Crippen LogP contribution >= 0.6 is 0 Å². The van der Waals surface area contributed by atoms with Gasteiger partial charge in [0.15, 0.2) is 0 Å². The third-order valence-corrected chi connectivity index (χ3v) is 0.825. The second-order valence-electron chi connectivity index (χ2n) is 1.85. The van der Waals surface area contributed by atoms with Gasteiger partial charge in [-0.15, -0.1) is 0 Å². The van der Waals surface area contributed by atoms with Gasteiger partial charge in [0.05, 0.1) is 0 Å². The summed E-state index contributed by atoms with van der Waals surface area (Å²) in [5.74, 6) is -1.34. The van der Waals surface area contributed by atoms with Gasteiger partial charge < -0.3 is 22.5 Å². The van der Waals surface area contributed by atoms with E-state index in [1.54, 1.807) is 0 Å². The predicted octanol–water partition coefficient (Wildman–Crippen LogP) is -1.29. The number of carboxylic acids is 1. The second kappa shape index (κ2) is 7.13. The summed E-state index contributed by atoms with van der Waals surface area (Å²) in [6, 6.07) is -1.04. The molecule has 0 spiro atoms. The maximum atomic E-state index is 10.2. The fourth-order valence-electron chi connectivity index (χ4n) is 0.397. The molecule has 0 aromatic heterocycles. The van der Waals surface area contributed by atoms with Gasteiger partial charge in [-0.1, -0.05) is 0 Å². The summed E-state index contributed by atoms with van der Waals surface area (Å²) in [7, 11) is 0. The van der Waals surface area contributed by atoms with Gasteiger partial charge in [-0.05, 0) is 6.92 Å². The van der Waals surface area contributed by atoms with Crippen LogP contribution in [0.25, 0.3) is 0 Å². The first-order chi connectivity index (χ1) is 4.04. The number of rotatable bonds is 3. The lowest BCUT2D eigenvalue weighted by molar-refractivity contribution is -0.140. The van der Waals surface area contributed by atoms with Crippen molar-refractivity contribution in [2.24, 2.45) is 5.73 Å². The minimum atomic E-state index is -1.13. The van der Waals surface area contributed by atoms with Gasteiger partial charge >= 0.3 is 5.97 Å². The first-order valence-electron chi connectivity index (χ1n) is 2.52. The fraction of sp³-hybridized carbons (Fsp3) is 0.600. The van der Waals surface area contributed by atoms with Crippen molar-refractivity contribution in [3.8, 4) is 0 Å². The van der Waals surface area contributed by atoms with Gasteiger partial charge in [0.1, 0.15) is 11.8 Å². The number of aliphatic carboxylic acids is 1. The second-order valence-corrected chi connectivity index (χ2v) is 1.85. The van der Waals surface area contributed by atoms with E-state index in [2.05, 4.69) is 0 Å². The number of nitrogens with two attached hydrogens (primary N) is 1. The quantitative estimate of drug-likeness (QED) is 0.477.